The van der Waals surface area contributed by atoms with Gasteiger partial charge in [-0.2, -0.15) is 12.6 Å². The summed E-state index contributed by atoms with van der Waals surface area (Å²) < 4.78 is 0. The number of guanidine groups is 2. The molecule has 0 saturated heterocycles. The minimum atomic E-state index is -1.32. The van der Waals surface area contributed by atoms with Crippen LogP contribution < -0.4 is 55.7 Å². The van der Waals surface area contributed by atoms with E-state index in [1.165, 1.54) is 6.92 Å². The molecule has 0 aliphatic carbocycles. The van der Waals surface area contributed by atoms with Gasteiger partial charge in [0.15, 0.2) is 11.9 Å². The number of carbonyl (C=O) groups excluding carboxylic acids is 4. The van der Waals surface area contributed by atoms with Gasteiger partial charge in [0.05, 0.1) is 6.10 Å². The number of nitrogens with one attached hydrogen (secondary N) is 4. The van der Waals surface area contributed by atoms with Crippen LogP contribution in [0, 0.1) is 0 Å². The zero-order valence-electron chi connectivity index (χ0n) is 25.5. The summed E-state index contributed by atoms with van der Waals surface area (Å²) in [5.74, 6) is -4.89. The van der Waals surface area contributed by atoms with E-state index in [0.717, 1.165) is 0 Å². The molecule has 18 N–H and O–H groups in total. The molecule has 0 bridgehead atoms. The average molecular weight is 663 g/mol. The minimum absolute atomic E-state index is 0.0118. The lowest BCUT2D eigenvalue weighted by Gasteiger charge is -2.26. The van der Waals surface area contributed by atoms with Crippen LogP contribution in [0.3, 0.4) is 0 Å². The van der Waals surface area contributed by atoms with Crippen molar-refractivity contribution >= 4 is 54.1 Å². The van der Waals surface area contributed by atoms with Crippen molar-refractivity contribution in [3.8, 4) is 0 Å². The topological polar surface area (TPSA) is 355 Å². The number of hydrogen-bond acceptors (Lipinski definition) is 11. The van der Waals surface area contributed by atoms with Crippen LogP contribution in [0.1, 0.15) is 51.9 Å². The number of nitrogens with two attached hydrogens (primary N) is 6. The van der Waals surface area contributed by atoms with E-state index in [0.29, 0.717) is 19.4 Å². The highest BCUT2D eigenvalue weighted by atomic mass is 32.1. The third-order valence-corrected chi connectivity index (χ3v) is 6.72. The number of aliphatic hydroxyl groups is 1. The Morgan fingerprint density at radius 2 is 1.09 bits per heavy atom. The standard InChI is InChI=1S/C25H50N12O7S/c1-13(38)18(27)22(42)35-15(7-4-10-32-24(28)29)19(39)34-14(6-2-3-9-26)20(40)37-17(12-45)21(41)36-16(23(43)44)8-5-11-33-25(30)31/h13-18,38,45H,2-12,26-27H2,1H3,(H,34,39)(H,35,42)(H,36,41)(H,37,40)(H,43,44)(H4,28,29,32)(H4,30,31,33)/t13-,14-,15+,16+,17+,18+/m1/s1. The Morgan fingerprint density at radius 1 is 0.689 bits per heavy atom. The number of aliphatic carboxylic acids is 1. The zero-order valence-corrected chi connectivity index (χ0v) is 26.4. The molecule has 0 aromatic rings. The fraction of sp³-hybridized carbons (Fsp3) is 0.720. The minimum Gasteiger partial charge on any atom is -0.480 e. The first-order chi connectivity index (χ1) is 21.1. The number of aliphatic hydroxyl groups excluding tert-OH is 1. The van der Waals surface area contributed by atoms with Gasteiger partial charge in [0.25, 0.3) is 0 Å². The fourth-order valence-electron chi connectivity index (χ4n) is 3.79. The molecule has 0 saturated carbocycles. The van der Waals surface area contributed by atoms with Crippen molar-refractivity contribution < 1.29 is 34.2 Å². The van der Waals surface area contributed by atoms with E-state index in [-0.39, 0.29) is 62.9 Å². The molecule has 0 rings (SSSR count). The van der Waals surface area contributed by atoms with Gasteiger partial charge in [-0.3, -0.25) is 29.2 Å². The summed E-state index contributed by atoms with van der Waals surface area (Å²) in [7, 11) is 0. The highest BCUT2D eigenvalue weighted by Gasteiger charge is 2.31. The summed E-state index contributed by atoms with van der Waals surface area (Å²) in [6.45, 7) is 1.94. The fourth-order valence-corrected chi connectivity index (χ4v) is 4.05. The second kappa shape index (κ2) is 22.6. The maximum atomic E-state index is 13.3. The smallest absolute Gasteiger partial charge is 0.326 e. The van der Waals surface area contributed by atoms with Gasteiger partial charge in [-0.05, 0) is 58.4 Å². The van der Waals surface area contributed by atoms with Gasteiger partial charge in [0.2, 0.25) is 23.6 Å². The van der Waals surface area contributed by atoms with Crippen LogP contribution in [0.25, 0.3) is 0 Å². The number of aliphatic imine (C=N–C) groups is 2. The molecule has 19 nitrogen and oxygen atoms in total. The summed E-state index contributed by atoms with van der Waals surface area (Å²) in [4.78, 5) is 71.4. The highest BCUT2D eigenvalue weighted by Crippen LogP contribution is 2.07. The van der Waals surface area contributed by atoms with Gasteiger partial charge in [-0.25, -0.2) is 4.79 Å². The van der Waals surface area contributed by atoms with Gasteiger partial charge in [0.1, 0.15) is 30.2 Å². The van der Waals surface area contributed by atoms with Crippen molar-refractivity contribution in [2.75, 3.05) is 25.4 Å². The van der Waals surface area contributed by atoms with Crippen molar-refractivity contribution in [3.63, 3.8) is 0 Å². The lowest BCUT2D eigenvalue weighted by Crippen LogP contribution is -2.59. The SMILES string of the molecule is C[C@@H](O)[C@H](N)C(=O)N[C@@H](CCCN=C(N)N)C(=O)N[C@H](CCCCN)C(=O)N[C@@H](CS)C(=O)N[C@@H](CCCN=C(N)N)C(=O)O. The predicted molar refractivity (Wildman–Crippen MR) is 172 cm³/mol. The summed E-state index contributed by atoms with van der Waals surface area (Å²) in [5, 5.41) is 29.1. The number of carboxylic acids is 1. The number of thiol groups is 1. The summed E-state index contributed by atoms with van der Waals surface area (Å²) >= 11 is 4.12. The predicted octanol–water partition coefficient (Wildman–Crippen LogP) is -5.12. The molecule has 0 fully saturated rings. The quantitative estimate of drug-likeness (QED) is 0.0211. The number of nitrogens with zero attached hydrogens (tertiary/aromatic N) is 2. The lowest BCUT2D eigenvalue weighted by molar-refractivity contribution is -0.142. The number of unbranched alkanes of at least 4 members (excludes halogenated alkanes) is 1. The van der Waals surface area contributed by atoms with E-state index in [4.69, 9.17) is 34.4 Å². The van der Waals surface area contributed by atoms with Crippen molar-refractivity contribution in [1.82, 2.24) is 21.3 Å². The molecule has 0 aliphatic rings. The summed E-state index contributed by atoms with van der Waals surface area (Å²) in [6, 6.07) is -6.22. The maximum Gasteiger partial charge on any atom is 0.326 e. The normalized spacial score (nSPS) is 14.8. The number of amides is 4. The Kier molecular flexibility index (Phi) is 20.7. The molecule has 0 aromatic heterocycles. The molecule has 0 aromatic carbocycles. The van der Waals surface area contributed by atoms with Crippen molar-refractivity contribution in [3.05, 3.63) is 0 Å². The Balaban J connectivity index is 5.75. The van der Waals surface area contributed by atoms with Crippen LogP contribution in [0.4, 0.5) is 0 Å². The second-order valence-electron chi connectivity index (χ2n) is 10.2. The summed E-state index contributed by atoms with van der Waals surface area (Å²) in [5.41, 5.74) is 32.5. The van der Waals surface area contributed by atoms with Gasteiger partial charge in [-0.1, -0.05) is 0 Å². The molecule has 6 atom stereocenters. The van der Waals surface area contributed by atoms with Gasteiger partial charge < -0.3 is 65.9 Å². The van der Waals surface area contributed by atoms with E-state index in [1.807, 2.05) is 0 Å². The molecule has 0 radical (unpaired) electrons. The van der Waals surface area contributed by atoms with Gasteiger partial charge in [0, 0.05) is 18.8 Å². The second-order valence-corrected chi connectivity index (χ2v) is 10.6. The van der Waals surface area contributed by atoms with Gasteiger partial charge in [-0.15, -0.1) is 0 Å². The van der Waals surface area contributed by atoms with Crippen molar-refractivity contribution in [2.45, 2.75) is 88.2 Å². The van der Waals surface area contributed by atoms with E-state index in [9.17, 15) is 34.2 Å². The van der Waals surface area contributed by atoms with Crippen LogP contribution in [0.15, 0.2) is 9.98 Å². The van der Waals surface area contributed by atoms with Crippen molar-refractivity contribution in [2.24, 2.45) is 44.4 Å². The van der Waals surface area contributed by atoms with Crippen LogP contribution in [-0.4, -0.2) is 113 Å². The molecule has 45 heavy (non-hydrogen) atoms. The molecule has 0 heterocycles. The maximum absolute atomic E-state index is 13.3. The molecular formula is C25H50N12O7S. The molecule has 0 aliphatic heterocycles. The Hall–Kier alpha value is -3.88. The first-order valence-electron chi connectivity index (χ1n) is 14.4. The van der Waals surface area contributed by atoms with E-state index in [1.54, 1.807) is 0 Å². The molecule has 0 spiro atoms. The largest absolute Gasteiger partial charge is 0.480 e. The Labute approximate surface area is 267 Å². The van der Waals surface area contributed by atoms with Gasteiger partial charge >= 0.3 is 5.97 Å². The van der Waals surface area contributed by atoms with Crippen LogP contribution >= 0.6 is 12.6 Å². The Morgan fingerprint density at radius 3 is 1.51 bits per heavy atom. The third kappa shape index (κ3) is 17.9. The number of carbonyl (C=O) groups is 5. The van der Waals surface area contributed by atoms with Crippen LogP contribution in [0.5, 0.6) is 0 Å². The first kappa shape index (κ1) is 41.1. The Bertz CT molecular complexity index is 1020. The summed E-state index contributed by atoms with van der Waals surface area (Å²) in [6.07, 6.45) is 0.471. The third-order valence-electron chi connectivity index (χ3n) is 6.36. The van der Waals surface area contributed by atoms with E-state index < -0.39 is 65.9 Å². The van der Waals surface area contributed by atoms with Crippen LogP contribution in [0.2, 0.25) is 0 Å². The molecule has 20 heteroatoms. The van der Waals surface area contributed by atoms with Crippen LogP contribution in [-0.2, 0) is 24.0 Å². The monoisotopic (exact) mass is 662 g/mol. The van der Waals surface area contributed by atoms with E-state index in [2.05, 4.69) is 43.9 Å². The number of rotatable bonds is 23. The van der Waals surface area contributed by atoms with E-state index >= 15 is 0 Å². The lowest BCUT2D eigenvalue weighted by atomic mass is 10.0. The number of hydrogen-bond donors (Lipinski definition) is 13. The highest BCUT2D eigenvalue weighted by molar-refractivity contribution is 7.80. The zero-order chi connectivity index (χ0) is 34.5. The average Bonchev–Trinajstić information content (AvgIpc) is 2.96. The molecular weight excluding hydrogens is 612 g/mol. The number of carboxylic acid groups (broad SMARTS) is 1. The molecule has 0 unspecified atom stereocenters. The molecule has 258 valence electrons. The first-order valence-corrected chi connectivity index (χ1v) is 15.1. The van der Waals surface area contributed by atoms with Crippen molar-refractivity contribution in [1.29, 1.82) is 0 Å². The molecule has 4 amide bonds.